The number of likely N-dealkylation sites (tertiary alicyclic amines) is 1. The van der Waals surface area contributed by atoms with Crippen LogP contribution in [0.2, 0.25) is 0 Å². The van der Waals surface area contributed by atoms with Crippen LogP contribution in [0.4, 0.5) is 10.1 Å². The van der Waals surface area contributed by atoms with Gasteiger partial charge in [0.15, 0.2) is 0 Å². The van der Waals surface area contributed by atoms with Crippen molar-refractivity contribution < 1.29 is 4.39 Å². The molecule has 2 nitrogen and oxygen atoms in total. The molecule has 1 N–H and O–H groups in total. The third-order valence-electron chi connectivity index (χ3n) is 3.64. The van der Waals surface area contributed by atoms with E-state index >= 15 is 0 Å². The van der Waals surface area contributed by atoms with Crippen molar-refractivity contribution in [2.45, 2.75) is 32.7 Å². The number of allylic oxidation sites excluding steroid dienone is 1. The van der Waals surface area contributed by atoms with E-state index in [-0.39, 0.29) is 5.82 Å². The molecule has 1 aromatic carbocycles. The summed E-state index contributed by atoms with van der Waals surface area (Å²) in [5.74, 6) is -0.209. The molecule has 0 spiro atoms. The summed E-state index contributed by atoms with van der Waals surface area (Å²) in [6.45, 7) is 7.55. The summed E-state index contributed by atoms with van der Waals surface area (Å²) in [5.41, 5.74) is 2.36. The highest BCUT2D eigenvalue weighted by Crippen LogP contribution is 2.25. The molecule has 20 heavy (non-hydrogen) atoms. The maximum Gasteiger partial charge on any atom is 0.124 e. The Morgan fingerprint density at radius 2 is 2.10 bits per heavy atom. The molecule has 0 saturated carbocycles. The van der Waals surface area contributed by atoms with Gasteiger partial charge in [-0.3, -0.25) is 4.90 Å². The first-order valence-corrected chi connectivity index (χ1v) is 7.91. The predicted molar refractivity (Wildman–Crippen MR) is 86.6 cm³/mol. The lowest BCUT2D eigenvalue weighted by Crippen LogP contribution is -2.39. The van der Waals surface area contributed by atoms with E-state index in [4.69, 9.17) is 0 Å². The summed E-state index contributed by atoms with van der Waals surface area (Å²) in [7, 11) is 0. The van der Waals surface area contributed by atoms with Crippen LogP contribution in [0.15, 0.2) is 34.3 Å². The van der Waals surface area contributed by atoms with E-state index < -0.39 is 0 Å². The number of nitrogens with one attached hydrogen (secondary N) is 1. The van der Waals surface area contributed by atoms with Gasteiger partial charge in [-0.15, -0.1) is 0 Å². The van der Waals surface area contributed by atoms with Crippen LogP contribution >= 0.6 is 15.9 Å². The van der Waals surface area contributed by atoms with Gasteiger partial charge in [0.05, 0.1) is 0 Å². The zero-order valence-electron chi connectivity index (χ0n) is 12.1. The number of anilines is 1. The van der Waals surface area contributed by atoms with Crippen molar-refractivity contribution in [3.63, 3.8) is 0 Å². The van der Waals surface area contributed by atoms with Crippen molar-refractivity contribution in [2.24, 2.45) is 0 Å². The minimum absolute atomic E-state index is 0.209. The minimum Gasteiger partial charge on any atom is -0.381 e. The molecular weight excluding hydrogens is 319 g/mol. The third kappa shape index (κ3) is 4.60. The highest BCUT2D eigenvalue weighted by atomic mass is 79.9. The Kier molecular flexibility index (Phi) is 5.61. The highest BCUT2D eigenvalue weighted by molar-refractivity contribution is 9.10. The van der Waals surface area contributed by atoms with E-state index in [9.17, 15) is 4.39 Å². The molecule has 1 aliphatic rings. The first-order valence-electron chi connectivity index (χ1n) is 7.12. The van der Waals surface area contributed by atoms with Gasteiger partial charge in [-0.25, -0.2) is 4.39 Å². The topological polar surface area (TPSA) is 15.3 Å². The third-order valence-corrected chi connectivity index (χ3v) is 4.29. The summed E-state index contributed by atoms with van der Waals surface area (Å²) < 4.78 is 13.9. The first kappa shape index (κ1) is 15.5. The lowest BCUT2D eigenvalue weighted by atomic mass is 10.0. The molecule has 0 unspecified atom stereocenters. The van der Waals surface area contributed by atoms with Crippen LogP contribution in [0.1, 0.15) is 26.7 Å². The van der Waals surface area contributed by atoms with Crippen molar-refractivity contribution in [1.82, 2.24) is 4.90 Å². The van der Waals surface area contributed by atoms with Crippen LogP contribution in [-0.2, 0) is 0 Å². The number of piperidine rings is 1. The fourth-order valence-electron chi connectivity index (χ4n) is 2.40. The predicted octanol–water partition coefficient (Wildman–Crippen LogP) is 4.43. The van der Waals surface area contributed by atoms with Gasteiger partial charge in [0.2, 0.25) is 0 Å². The van der Waals surface area contributed by atoms with Crippen molar-refractivity contribution in [2.75, 3.05) is 25.0 Å². The monoisotopic (exact) mass is 340 g/mol. The lowest BCUT2D eigenvalue weighted by molar-refractivity contribution is 0.240. The maximum atomic E-state index is 13.1. The Labute approximate surface area is 129 Å². The molecule has 4 heteroatoms. The van der Waals surface area contributed by atoms with Crippen LogP contribution in [0.5, 0.6) is 0 Å². The molecule has 0 amide bonds. The molecule has 0 atom stereocenters. The van der Waals surface area contributed by atoms with E-state index in [2.05, 4.69) is 46.1 Å². The molecule has 1 fully saturated rings. The Morgan fingerprint density at radius 1 is 1.40 bits per heavy atom. The summed E-state index contributed by atoms with van der Waals surface area (Å²) in [6.07, 6.45) is 4.53. The number of hydrogen-bond acceptors (Lipinski definition) is 2. The number of hydrogen-bond donors (Lipinski definition) is 1. The van der Waals surface area contributed by atoms with Gasteiger partial charge in [0.1, 0.15) is 5.82 Å². The number of rotatable bonds is 4. The van der Waals surface area contributed by atoms with E-state index in [1.807, 2.05) is 0 Å². The van der Waals surface area contributed by atoms with Gasteiger partial charge in [-0.2, -0.15) is 0 Å². The lowest BCUT2D eigenvalue weighted by Gasteiger charge is -2.32. The molecular formula is C16H22BrFN2. The van der Waals surface area contributed by atoms with Gasteiger partial charge < -0.3 is 5.32 Å². The van der Waals surface area contributed by atoms with Gasteiger partial charge >= 0.3 is 0 Å². The second kappa shape index (κ2) is 7.23. The fraction of sp³-hybridized carbons (Fsp3) is 0.500. The summed E-state index contributed by atoms with van der Waals surface area (Å²) >= 11 is 3.41. The van der Waals surface area contributed by atoms with Crippen LogP contribution in [-0.4, -0.2) is 30.6 Å². The Bertz CT molecular complexity index is 475. The molecule has 1 saturated heterocycles. The zero-order valence-corrected chi connectivity index (χ0v) is 13.7. The molecule has 1 aliphatic heterocycles. The van der Waals surface area contributed by atoms with Crippen LogP contribution in [0.3, 0.4) is 0 Å². The Balaban J connectivity index is 1.83. The molecule has 0 aliphatic carbocycles. The zero-order chi connectivity index (χ0) is 14.5. The smallest absolute Gasteiger partial charge is 0.124 e. The highest BCUT2D eigenvalue weighted by Gasteiger charge is 2.18. The molecule has 1 heterocycles. The van der Waals surface area contributed by atoms with Gasteiger partial charge in [0.25, 0.3) is 0 Å². The SMILES string of the molecule is CC(C)=CCN1CCC(Nc2ccc(F)cc2Br)CC1. The average Bonchev–Trinajstić information content (AvgIpc) is 2.41. The number of benzene rings is 1. The van der Waals surface area contributed by atoms with Crippen LogP contribution in [0.25, 0.3) is 0 Å². The van der Waals surface area contributed by atoms with Crippen LogP contribution < -0.4 is 5.32 Å². The van der Waals surface area contributed by atoms with Crippen molar-refractivity contribution in [3.8, 4) is 0 Å². The van der Waals surface area contributed by atoms with Gasteiger partial charge in [0, 0.05) is 35.8 Å². The van der Waals surface area contributed by atoms with E-state index in [0.717, 1.165) is 42.6 Å². The van der Waals surface area contributed by atoms with Crippen molar-refractivity contribution in [1.29, 1.82) is 0 Å². The number of halogens is 2. The fourth-order valence-corrected chi connectivity index (χ4v) is 2.86. The van der Waals surface area contributed by atoms with Crippen molar-refractivity contribution in [3.05, 3.63) is 40.1 Å². The second-order valence-electron chi connectivity index (χ2n) is 5.62. The average molecular weight is 341 g/mol. The molecule has 0 bridgehead atoms. The van der Waals surface area contributed by atoms with Crippen molar-refractivity contribution >= 4 is 21.6 Å². The standard InChI is InChI=1S/C16H22BrFN2/c1-12(2)5-8-20-9-6-14(7-10-20)19-16-4-3-13(18)11-15(16)17/h3-5,11,14,19H,6-10H2,1-2H3. The van der Waals surface area contributed by atoms with Gasteiger partial charge in [-0.1, -0.05) is 11.6 Å². The van der Waals surface area contributed by atoms with E-state index in [1.165, 1.54) is 17.7 Å². The number of nitrogens with zero attached hydrogens (tertiary/aromatic N) is 1. The van der Waals surface area contributed by atoms with E-state index in [1.54, 1.807) is 6.07 Å². The molecule has 0 radical (unpaired) electrons. The summed E-state index contributed by atoms with van der Waals surface area (Å²) in [6, 6.07) is 5.28. The summed E-state index contributed by atoms with van der Waals surface area (Å²) in [5, 5.41) is 3.51. The Morgan fingerprint density at radius 3 is 2.70 bits per heavy atom. The van der Waals surface area contributed by atoms with Gasteiger partial charge in [-0.05, 0) is 60.8 Å². The minimum atomic E-state index is -0.209. The molecule has 2 rings (SSSR count). The summed E-state index contributed by atoms with van der Waals surface area (Å²) in [4.78, 5) is 2.48. The maximum absolute atomic E-state index is 13.1. The molecule has 1 aromatic rings. The molecule has 110 valence electrons. The first-order chi connectivity index (χ1) is 9.54. The largest absolute Gasteiger partial charge is 0.381 e. The second-order valence-corrected chi connectivity index (χ2v) is 6.48. The van der Waals surface area contributed by atoms with E-state index in [0.29, 0.717) is 6.04 Å². The quantitative estimate of drug-likeness (QED) is 0.815. The molecule has 0 aromatic heterocycles. The van der Waals surface area contributed by atoms with Crippen LogP contribution in [0, 0.1) is 5.82 Å². The Hall–Kier alpha value is -0.870. The normalized spacial score (nSPS) is 17.0.